The van der Waals surface area contributed by atoms with Crippen molar-refractivity contribution >= 4 is 61.3 Å². The normalized spacial score (nSPS) is 11.1. The summed E-state index contributed by atoms with van der Waals surface area (Å²) in [4.78, 5) is 22.8. The molecule has 0 atom stereocenters. The molecular formula is C26H22N5NaO7S. The van der Waals surface area contributed by atoms with E-state index in [-0.39, 0.29) is 57.6 Å². The van der Waals surface area contributed by atoms with Crippen LogP contribution in [-0.2, 0) is 14.9 Å². The Morgan fingerprint density at radius 3 is 2.10 bits per heavy atom. The molecular weight excluding hydrogens is 549 g/mol. The second-order valence-corrected chi connectivity index (χ2v) is 9.52. The maximum Gasteiger partial charge on any atom is 1.00 e. The molecule has 0 unspecified atom stereocenters. The minimum absolute atomic E-state index is 0. The van der Waals surface area contributed by atoms with Crippen LogP contribution in [0, 0.1) is 0 Å². The van der Waals surface area contributed by atoms with E-state index in [0.717, 1.165) is 6.07 Å². The van der Waals surface area contributed by atoms with Gasteiger partial charge in [-0.05, 0) is 66.0 Å². The Morgan fingerprint density at radius 2 is 1.48 bits per heavy atom. The van der Waals surface area contributed by atoms with Gasteiger partial charge in [0.25, 0.3) is 0 Å². The van der Waals surface area contributed by atoms with Crippen molar-refractivity contribution in [3.8, 4) is 11.5 Å². The van der Waals surface area contributed by atoms with Crippen LogP contribution in [0.15, 0.2) is 87.9 Å². The summed E-state index contributed by atoms with van der Waals surface area (Å²) in [5, 5.41) is 26.8. The van der Waals surface area contributed by atoms with E-state index in [1.807, 2.05) is 0 Å². The molecule has 0 radical (unpaired) electrons. The Kier molecular flexibility index (Phi) is 9.84. The van der Waals surface area contributed by atoms with Crippen LogP contribution >= 0.6 is 0 Å². The summed E-state index contributed by atoms with van der Waals surface area (Å²) in [5.41, 5.74) is 0.999. The molecule has 0 bridgehead atoms. The molecule has 40 heavy (non-hydrogen) atoms. The molecule has 200 valence electrons. The topological polar surface area (TPSA) is 182 Å². The number of benzene rings is 4. The van der Waals surface area contributed by atoms with E-state index in [4.69, 9.17) is 4.74 Å². The van der Waals surface area contributed by atoms with Gasteiger partial charge in [-0.3, -0.25) is 4.79 Å². The van der Waals surface area contributed by atoms with Gasteiger partial charge in [0.05, 0.1) is 12.0 Å². The maximum atomic E-state index is 12.5. The molecule has 0 saturated heterocycles. The van der Waals surface area contributed by atoms with E-state index in [2.05, 4.69) is 26.2 Å². The predicted molar refractivity (Wildman–Crippen MR) is 144 cm³/mol. The Morgan fingerprint density at radius 1 is 0.875 bits per heavy atom. The number of hydrogen-bond acceptors (Lipinski definition) is 9. The van der Waals surface area contributed by atoms with Crippen LogP contribution < -0.4 is 50.2 Å². The summed E-state index contributed by atoms with van der Waals surface area (Å²) < 4.78 is 41.3. The molecule has 4 N–H and O–H groups in total. The summed E-state index contributed by atoms with van der Waals surface area (Å²) in [6.07, 6.45) is 0. The molecule has 0 aliphatic heterocycles. The molecule has 4 rings (SSSR count). The molecule has 0 heterocycles. The minimum atomic E-state index is -5.08. The average molecular weight is 572 g/mol. The van der Waals surface area contributed by atoms with Crippen molar-refractivity contribution in [3.63, 3.8) is 0 Å². The molecule has 14 heteroatoms. The van der Waals surface area contributed by atoms with Crippen LogP contribution in [0.25, 0.3) is 10.8 Å². The molecule has 0 aliphatic rings. The molecule has 12 nitrogen and oxygen atoms in total. The zero-order chi connectivity index (χ0) is 28.2. The van der Waals surface area contributed by atoms with Crippen molar-refractivity contribution in [2.45, 2.75) is 11.8 Å². The number of nitrogens with one attached hydrogen (secondary N) is 3. The van der Waals surface area contributed by atoms with Crippen LogP contribution in [0.3, 0.4) is 0 Å². The van der Waals surface area contributed by atoms with Gasteiger partial charge in [-0.2, -0.15) is 0 Å². The Balaban J connectivity index is 0.00000441. The Labute approximate surface area is 251 Å². The molecule has 0 spiro atoms. The number of carbonyl (C=O) groups excluding carboxylic acids is 2. The van der Waals surface area contributed by atoms with Gasteiger partial charge in [0.2, 0.25) is 5.91 Å². The summed E-state index contributed by atoms with van der Waals surface area (Å²) in [6.45, 7) is 1.38. The first-order chi connectivity index (χ1) is 18.5. The van der Waals surface area contributed by atoms with E-state index in [0.29, 0.717) is 17.1 Å². The molecule has 0 fully saturated rings. The van der Waals surface area contributed by atoms with Crippen molar-refractivity contribution in [2.24, 2.45) is 10.2 Å². The smallest absolute Gasteiger partial charge is 0.744 e. The van der Waals surface area contributed by atoms with Crippen molar-refractivity contribution in [1.82, 2.24) is 0 Å². The first-order valence-corrected chi connectivity index (χ1v) is 12.7. The number of anilines is 3. The number of aromatic hydroxyl groups is 1. The van der Waals surface area contributed by atoms with Crippen LogP contribution in [0.5, 0.6) is 11.5 Å². The van der Waals surface area contributed by atoms with Gasteiger partial charge in [-0.25, -0.2) is 13.2 Å². The average Bonchev–Trinajstić information content (AvgIpc) is 2.88. The van der Waals surface area contributed by atoms with Gasteiger partial charge >= 0.3 is 35.6 Å². The van der Waals surface area contributed by atoms with E-state index in [1.54, 1.807) is 48.5 Å². The number of amides is 3. The van der Waals surface area contributed by atoms with Crippen molar-refractivity contribution in [3.05, 3.63) is 72.8 Å². The quantitative estimate of drug-likeness (QED) is 0.149. The van der Waals surface area contributed by atoms with Gasteiger partial charge in [0.1, 0.15) is 27.2 Å². The fraction of sp³-hybridized carbons (Fsp3) is 0.0769. The van der Waals surface area contributed by atoms with Crippen molar-refractivity contribution < 1.29 is 62.0 Å². The summed E-state index contributed by atoms with van der Waals surface area (Å²) in [5.74, 6) is -0.447. The van der Waals surface area contributed by atoms with E-state index in [9.17, 15) is 27.7 Å². The number of methoxy groups -OCH3 is 1. The third-order valence-corrected chi connectivity index (χ3v) is 6.23. The van der Waals surface area contributed by atoms with Crippen LogP contribution in [0.4, 0.5) is 33.2 Å². The number of azo groups is 1. The second kappa shape index (κ2) is 12.9. The van der Waals surface area contributed by atoms with Gasteiger partial charge < -0.3 is 30.3 Å². The zero-order valence-corrected chi connectivity index (χ0v) is 24.4. The number of hydrogen-bond donors (Lipinski definition) is 4. The number of phenols is 1. The van der Waals surface area contributed by atoms with Crippen molar-refractivity contribution in [2.75, 3.05) is 23.1 Å². The number of nitrogens with zero attached hydrogens (tertiary/aromatic N) is 2. The summed E-state index contributed by atoms with van der Waals surface area (Å²) in [6, 6.07) is 17.7. The molecule has 0 aliphatic carbocycles. The van der Waals surface area contributed by atoms with Gasteiger partial charge in [0.15, 0.2) is 5.75 Å². The summed E-state index contributed by atoms with van der Waals surface area (Å²) >= 11 is 0. The fourth-order valence-corrected chi connectivity index (χ4v) is 4.31. The number of ether oxygens (including phenoxy) is 1. The largest absolute Gasteiger partial charge is 1.00 e. The Bertz CT molecular complexity index is 1710. The van der Waals surface area contributed by atoms with Gasteiger partial charge in [-0.1, -0.05) is 12.1 Å². The van der Waals surface area contributed by atoms with Gasteiger partial charge in [-0.15, -0.1) is 10.2 Å². The van der Waals surface area contributed by atoms with Gasteiger partial charge in [0, 0.05) is 29.4 Å². The monoisotopic (exact) mass is 571 g/mol. The molecule has 4 aromatic carbocycles. The third kappa shape index (κ3) is 7.34. The fourth-order valence-electron chi connectivity index (χ4n) is 3.67. The first kappa shape index (κ1) is 30.5. The van der Waals surface area contributed by atoms with E-state index >= 15 is 0 Å². The number of para-hydroxylation sites is 1. The maximum absolute atomic E-state index is 12.5. The van der Waals surface area contributed by atoms with E-state index in [1.165, 1.54) is 32.2 Å². The number of urea groups is 1. The summed E-state index contributed by atoms with van der Waals surface area (Å²) in [7, 11) is -3.65. The van der Waals surface area contributed by atoms with Crippen LogP contribution in [0.1, 0.15) is 6.92 Å². The predicted octanol–water partition coefficient (Wildman–Crippen LogP) is 2.48. The van der Waals surface area contributed by atoms with Crippen LogP contribution in [-0.4, -0.2) is 37.1 Å². The van der Waals surface area contributed by atoms with E-state index < -0.39 is 32.5 Å². The standard InChI is InChI=1S/C26H23N5O7S.Na/c1-15(32)27-17-7-9-18(10-8-17)28-26(34)29-19-11-12-20-16(13-19)14-23(39(35,36)37)24(25(20)33)31-30-21-5-3-4-6-22(21)38-2;/h3-14,33H,1-2H3,(H,27,32)(H2,28,29,34)(H,35,36,37);/q;+1/p-1. The molecule has 0 saturated carbocycles. The molecule has 4 aromatic rings. The Hall–Kier alpha value is -4.01. The molecule has 0 aromatic heterocycles. The number of phenolic OH excluding ortho intramolecular Hbond substituents is 1. The zero-order valence-electron chi connectivity index (χ0n) is 21.6. The molecule has 3 amide bonds. The minimum Gasteiger partial charge on any atom is -0.744 e. The first-order valence-electron chi connectivity index (χ1n) is 11.3. The van der Waals surface area contributed by atoms with Crippen LogP contribution in [0.2, 0.25) is 0 Å². The number of carbonyl (C=O) groups is 2. The SMILES string of the molecule is COc1ccccc1N=Nc1c(S(=O)(=O)[O-])cc2cc(NC(=O)Nc3ccc(NC(C)=O)cc3)ccc2c1O.[Na+]. The third-order valence-electron chi connectivity index (χ3n) is 5.38. The van der Waals surface area contributed by atoms with Crippen molar-refractivity contribution in [1.29, 1.82) is 0 Å². The number of rotatable bonds is 7. The second-order valence-electron chi connectivity index (χ2n) is 8.17. The number of fused-ring (bicyclic) bond motifs is 1.